The fourth-order valence-electron chi connectivity index (χ4n) is 5.39. The van der Waals surface area contributed by atoms with Crippen molar-refractivity contribution in [1.82, 2.24) is 0 Å². The Kier molecular flexibility index (Phi) is 16.7. The van der Waals surface area contributed by atoms with Crippen LogP contribution in [-0.4, -0.2) is 12.3 Å². The van der Waals surface area contributed by atoms with Gasteiger partial charge in [0, 0.05) is 0 Å². The van der Waals surface area contributed by atoms with E-state index in [4.69, 9.17) is 19.1 Å². The van der Waals surface area contributed by atoms with Crippen LogP contribution < -0.4 is 21.2 Å². The number of halogens is 26. The maximum absolute atomic E-state index is 13.9. The molecule has 4 aromatic rings. The molecule has 354 valence electrons. The van der Waals surface area contributed by atoms with Gasteiger partial charge in [-0.2, -0.15) is 105 Å². The molecule has 0 heterocycles. The van der Waals surface area contributed by atoms with E-state index < -0.39 is 168 Å². The van der Waals surface area contributed by atoms with E-state index in [1.54, 1.807) is 0 Å². The molecule has 0 spiro atoms. The van der Waals surface area contributed by atoms with Crippen molar-refractivity contribution in [1.29, 1.82) is 0 Å². The van der Waals surface area contributed by atoms with Crippen LogP contribution in [0.25, 0.3) is 0 Å². The third-order valence-electron chi connectivity index (χ3n) is 8.08. The van der Waals surface area contributed by atoms with Crippen LogP contribution in [0.3, 0.4) is 0 Å². The fraction of sp³-hybridized carbons (Fsp3) is 0.294. The monoisotopic (exact) mass is 1120 g/mol. The molecule has 0 aliphatic heterocycles. The van der Waals surface area contributed by atoms with Crippen molar-refractivity contribution in [2.75, 3.05) is 12.3 Å². The Labute approximate surface area is 355 Å². The average molecular weight is 1120 g/mol. The fourth-order valence-corrected chi connectivity index (χ4v) is 11.0. The number of hydrogen-bond acceptors (Lipinski definition) is 0. The first-order valence-electron chi connectivity index (χ1n) is 15.7. The second kappa shape index (κ2) is 19.3. The van der Waals surface area contributed by atoms with Crippen LogP contribution in [-0.2, 0) is 65.3 Å². The van der Waals surface area contributed by atoms with Crippen molar-refractivity contribution in [2.24, 2.45) is 0 Å². The van der Waals surface area contributed by atoms with Gasteiger partial charge in [-0.15, -0.1) is 0 Å². The van der Waals surface area contributed by atoms with Crippen molar-refractivity contribution < 1.29 is 121 Å². The summed E-state index contributed by atoms with van der Waals surface area (Å²) in [5.74, 6) is 0. The van der Waals surface area contributed by atoms with Crippen LogP contribution in [0.15, 0.2) is 72.8 Å². The second-order valence-electron chi connectivity index (χ2n) is 12.4. The molecule has 0 nitrogen and oxygen atoms in total. The summed E-state index contributed by atoms with van der Waals surface area (Å²) in [6.45, 7) is 0. The summed E-state index contributed by atoms with van der Waals surface area (Å²) in [6.07, 6.45) is -48.9. The molecule has 4 aromatic carbocycles. The molecule has 0 aromatic heterocycles. The van der Waals surface area contributed by atoms with Gasteiger partial charge in [-0.3, -0.25) is 0 Å². The van der Waals surface area contributed by atoms with Crippen LogP contribution >= 0.6 is 34.9 Å². The first-order valence-corrected chi connectivity index (χ1v) is 22.8. The zero-order valence-electron chi connectivity index (χ0n) is 29.4. The van der Waals surface area contributed by atoms with Gasteiger partial charge in [0.2, 0.25) is 0 Å². The number of hydrogen-bond donors (Lipinski definition) is 0. The summed E-state index contributed by atoms with van der Waals surface area (Å²) >= 11 is -0.106. The van der Waals surface area contributed by atoms with Crippen molar-refractivity contribution in [2.45, 2.75) is 49.4 Å². The summed E-state index contributed by atoms with van der Waals surface area (Å²) < 4.78 is 334. The Bertz CT molecular complexity index is 1780. The SMILES string of the molecule is FC(F)(F)c1cc(P(CCP(c2cc(C(F)(F)F)cc(C(F)(F)F)c2)c2cc(C(F)(F)F)cc(C(F)(F)F)c2)c2cc(C(F)(F)F)cc(C(F)(F)F)c2)cc(C(F)(F)F)c1.[Cl][Pd][Cl]. The first kappa shape index (κ1) is 54.6. The second-order valence-corrected chi connectivity index (χ2v) is 19.4. The van der Waals surface area contributed by atoms with Gasteiger partial charge >= 0.3 is 84.4 Å². The predicted octanol–water partition coefficient (Wildman–Crippen LogP) is 14.8. The van der Waals surface area contributed by atoms with Crippen molar-refractivity contribution >= 4 is 56.1 Å². The van der Waals surface area contributed by atoms with Gasteiger partial charge in [0.05, 0.1) is 44.5 Å². The topological polar surface area (TPSA) is 0 Å². The maximum atomic E-state index is 13.9. The molecule has 0 saturated heterocycles. The van der Waals surface area contributed by atoms with E-state index in [0.717, 1.165) is 0 Å². The van der Waals surface area contributed by atoms with Crippen molar-refractivity contribution in [3.05, 3.63) is 117 Å². The van der Waals surface area contributed by atoms with Crippen LogP contribution in [0.5, 0.6) is 0 Å². The Morgan fingerprint density at radius 2 is 0.381 bits per heavy atom. The molecule has 0 fully saturated rings. The molecule has 0 N–H and O–H groups in total. The van der Waals surface area contributed by atoms with E-state index in [2.05, 4.69) is 0 Å². The molecule has 0 aliphatic rings. The Morgan fingerprint density at radius 3 is 0.476 bits per heavy atom. The minimum atomic E-state index is -5.74. The quantitative estimate of drug-likeness (QED) is 0.0983. The van der Waals surface area contributed by atoms with Gasteiger partial charge in [0.1, 0.15) is 0 Å². The summed E-state index contributed by atoms with van der Waals surface area (Å²) in [5.41, 5.74) is -17.7. The van der Waals surface area contributed by atoms with Gasteiger partial charge in [0.25, 0.3) is 0 Å². The van der Waals surface area contributed by atoms with E-state index in [-0.39, 0.29) is 64.5 Å². The predicted molar refractivity (Wildman–Crippen MR) is 180 cm³/mol. The standard InChI is InChI=1S/C34H16F24P2.2ClH.Pd/c35-27(36,37)15-3-16(28(38,39)40)8-23(7-15)59(24-9-17(29(41,42)43)4-18(10-24)30(44,45)46)1-2-60(25-11-19(31(47,48)49)5-20(12-25)32(50,51)52)26-13-21(33(53,54)55)6-22(14-26)34(56,57)58;;;/h3-14H,1-2H2;2*1H;/q;;;+2/p-2. The van der Waals surface area contributed by atoms with Gasteiger partial charge in [-0.05, 0) is 122 Å². The average Bonchev–Trinajstić information content (AvgIpc) is 3.10. The summed E-state index contributed by atoms with van der Waals surface area (Å²) in [7, 11) is 2.41. The molecule has 0 aliphatic carbocycles. The van der Waals surface area contributed by atoms with E-state index in [0.29, 0.717) is 0 Å². The zero-order valence-corrected chi connectivity index (χ0v) is 34.2. The number of rotatable bonds is 7. The van der Waals surface area contributed by atoms with E-state index >= 15 is 0 Å². The van der Waals surface area contributed by atoms with Gasteiger partial charge in [-0.1, -0.05) is 0 Å². The zero-order chi connectivity index (χ0) is 48.7. The molecular weight excluding hydrogens is 1100 g/mol. The van der Waals surface area contributed by atoms with Gasteiger partial charge in [0.15, 0.2) is 0 Å². The normalized spacial score (nSPS) is 13.8. The molecule has 0 radical (unpaired) electrons. The van der Waals surface area contributed by atoms with Gasteiger partial charge in [-0.25, -0.2) is 0 Å². The van der Waals surface area contributed by atoms with E-state index in [9.17, 15) is 105 Å². The summed E-state index contributed by atoms with van der Waals surface area (Å²) in [6, 6.07) is -3.49. The molecule has 0 unspecified atom stereocenters. The molecule has 0 amide bonds. The van der Waals surface area contributed by atoms with Gasteiger partial charge < -0.3 is 0 Å². The van der Waals surface area contributed by atoms with Crippen LogP contribution in [0.2, 0.25) is 0 Å². The van der Waals surface area contributed by atoms with E-state index in [1.165, 1.54) is 0 Å². The van der Waals surface area contributed by atoms with Crippen LogP contribution in [0.1, 0.15) is 44.5 Å². The molecule has 0 saturated carbocycles. The van der Waals surface area contributed by atoms with Crippen LogP contribution in [0, 0.1) is 0 Å². The Hall–Kier alpha value is -2.70. The molecular formula is C34H16Cl2F24P2Pd. The molecule has 63 heavy (non-hydrogen) atoms. The third-order valence-corrected chi connectivity index (χ3v) is 13.3. The van der Waals surface area contributed by atoms with Crippen molar-refractivity contribution in [3.8, 4) is 0 Å². The number of benzene rings is 4. The number of alkyl halides is 24. The Morgan fingerprint density at radius 1 is 0.270 bits per heavy atom. The van der Waals surface area contributed by atoms with Crippen molar-refractivity contribution in [3.63, 3.8) is 0 Å². The molecule has 29 heteroatoms. The molecule has 0 atom stereocenters. The Balaban J connectivity index is 0.00000342. The summed E-state index contributed by atoms with van der Waals surface area (Å²) in [4.78, 5) is 0. The van der Waals surface area contributed by atoms with E-state index in [1.807, 2.05) is 0 Å². The summed E-state index contributed by atoms with van der Waals surface area (Å²) in [5, 5.41) is -5.46. The third kappa shape index (κ3) is 14.9. The minimum absolute atomic E-state index is 0.106. The first-order chi connectivity index (χ1) is 28.2. The van der Waals surface area contributed by atoms with Crippen LogP contribution in [0.4, 0.5) is 105 Å². The molecule has 4 rings (SSSR count). The molecule has 0 bridgehead atoms.